The molecule has 3 nitrogen and oxygen atoms in total. The lowest BCUT2D eigenvalue weighted by Gasteiger charge is -2.23. The maximum Gasteiger partial charge on any atom is 0.227 e. The van der Waals surface area contributed by atoms with Crippen LogP contribution in [0, 0.1) is 5.92 Å². The van der Waals surface area contributed by atoms with E-state index in [0.717, 1.165) is 31.5 Å². The second-order valence-corrected chi connectivity index (χ2v) is 6.11. The third-order valence-electron chi connectivity index (χ3n) is 4.01. The topological polar surface area (TPSA) is 32.3 Å². The highest BCUT2D eigenvalue weighted by Gasteiger charge is 2.41. The van der Waals surface area contributed by atoms with E-state index in [9.17, 15) is 4.79 Å². The highest BCUT2D eigenvalue weighted by Crippen LogP contribution is 2.29. The molecular formula is C14H16Cl2N2O. The van der Waals surface area contributed by atoms with E-state index in [1.54, 1.807) is 6.07 Å². The first kappa shape index (κ1) is 13.2. The molecule has 0 radical (unpaired) electrons. The minimum Gasteiger partial charge on any atom is -0.336 e. The molecule has 1 amide bonds. The number of nitrogens with one attached hydrogen (secondary N) is 1. The van der Waals surface area contributed by atoms with Gasteiger partial charge in [-0.2, -0.15) is 0 Å². The number of hydrogen-bond donors (Lipinski definition) is 1. The van der Waals surface area contributed by atoms with Crippen LogP contribution < -0.4 is 5.32 Å². The quantitative estimate of drug-likeness (QED) is 0.910. The van der Waals surface area contributed by atoms with Gasteiger partial charge in [-0.25, -0.2) is 0 Å². The molecule has 2 heterocycles. The normalized spacial score (nSPS) is 26.6. The number of nitrogens with zero attached hydrogens (tertiary/aromatic N) is 1. The van der Waals surface area contributed by atoms with Crippen molar-refractivity contribution in [2.24, 2.45) is 5.92 Å². The maximum absolute atomic E-state index is 12.3. The Balaban J connectivity index is 1.75. The van der Waals surface area contributed by atoms with E-state index >= 15 is 0 Å². The number of carbonyl (C=O) groups excluding carboxylic acids is 1. The van der Waals surface area contributed by atoms with Crippen molar-refractivity contribution < 1.29 is 4.79 Å². The predicted molar refractivity (Wildman–Crippen MR) is 76.4 cm³/mol. The van der Waals surface area contributed by atoms with E-state index in [-0.39, 0.29) is 11.8 Å². The SMILES string of the molecule is O=C1C2CCCNC2CN1Cc1ccc(Cl)cc1Cl. The Labute approximate surface area is 122 Å². The van der Waals surface area contributed by atoms with Crippen LogP contribution in [-0.2, 0) is 11.3 Å². The molecule has 2 aliphatic rings. The molecule has 5 heteroatoms. The van der Waals surface area contributed by atoms with Crippen LogP contribution in [-0.4, -0.2) is 29.9 Å². The van der Waals surface area contributed by atoms with Gasteiger partial charge in [-0.1, -0.05) is 29.3 Å². The van der Waals surface area contributed by atoms with E-state index in [4.69, 9.17) is 23.2 Å². The smallest absolute Gasteiger partial charge is 0.227 e. The monoisotopic (exact) mass is 298 g/mol. The van der Waals surface area contributed by atoms with Gasteiger partial charge in [0.05, 0.1) is 5.92 Å². The molecule has 19 heavy (non-hydrogen) atoms. The van der Waals surface area contributed by atoms with Crippen molar-refractivity contribution in [3.63, 3.8) is 0 Å². The molecule has 2 atom stereocenters. The molecule has 2 saturated heterocycles. The van der Waals surface area contributed by atoms with Gasteiger partial charge in [0.25, 0.3) is 0 Å². The van der Waals surface area contributed by atoms with E-state index in [1.165, 1.54) is 0 Å². The summed E-state index contributed by atoms with van der Waals surface area (Å²) in [4.78, 5) is 14.2. The molecule has 0 aromatic heterocycles. The van der Waals surface area contributed by atoms with Crippen molar-refractivity contribution in [2.45, 2.75) is 25.4 Å². The van der Waals surface area contributed by atoms with E-state index in [0.29, 0.717) is 22.6 Å². The number of amides is 1. The number of fused-ring (bicyclic) bond motifs is 1. The van der Waals surface area contributed by atoms with Crippen molar-refractivity contribution in [2.75, 3.05) is 13.1 Å². The lowest BCUT2D eigenvalue weighted by Crippen LogP contribution is -2.41. The average molecular weight is 299 g/mol. The summed E-state index contributed by atoms with van der Waals surface area (Å²) in [5, 5.41) is 4.68. The Morgan fingerprint density at radius 3 is 2.95 bits per heavy atom. The summed E-state index contributed by atoms with van der Waals surface area (Å²) < 4.78 is 0. The van der Waals surface area contributed by atoms with Gasteiger partial charge in [0.1, 0.15) is 0 Å². The zero-order valence-electron chi connectivity index (χ0n) is 10.5. The van der Waals surface area contributed by atoms with Gasteiger partial charge in [-0.15, -0.1) is 0 Å². The first-order valence-electron chi connectivity index (χ1n) is 6.61. The van der Waals surface area contributed by atoms with Crippen molar-refractivity contribution in [1.82, 2.24) is 10.2 Å². The van der Waals surface area contributed by atoms with Crippen molar-refractivity contribution in [1.29, 1.82) is 0 Å². The molecule has 1 N–H and O–H groups in total. The molecule has 0 aliphatic carbocycles. The number of carbonyl (C=O) groups is 1. The predicted octanol–water partition coefficient (Wildman–Crippen LogP) is 2.70. The summed E-state index contributed by atoms with van der Waals surface area (Å²) in [6.45, 7) is 2.37. The number of halogens is 2. The number of likely N-dealkylation sites (tertiary alicyclic amines) is 1. The molecule has 1 aromatic rings. The Morgan fingerprint density at radius 2 is 2.21 bits per heavy atom. The van der Waals surface area contributed by atoms with Gasteiger partial charge in [0.15, 0.2) is 0 Å². The zero-order valence-corrected chi connectivity index (χ0v) is 12.0. The number of rotatable bonds is 2. The van der Waals surface area contributed by atoms with Gasteiger partial charge < -0.3 is 10.2 Å². The Hall–Kier alpha value is -0.770. The lowest BCUT2D eigenvalue weighted by molar-refractivity contribution is -0.131. The average Bonchev–Trinajstić information content (AvgIpc) is 2.70. The first-order valence-corrected chi connectivity index (χ1v) is 7.37. The fourth-order valence-corrected chi connectivity index (χ4v) is 3.47. The molecule has 0 bridgehead atoms. The molecule has 1 aromatic carbocycles. The molecule has 2 fully saturated rings. The summed E-state index contributed by atoms with van der Waals surface area (Å²) in [5.41, 5.74) is 0.957. The van der Waals surface area contributed by atoms with Gasteiger partial charge in [0, 0.05) is 29.2 Å². The molecule has 2 unspecified atom stereocenters. The van der Waals surface area contributed by atoms with Crippen LogP contribution in [0.4, 0.5) is 0 Å². The summed E-state index contributed by atoms with van der Waals surface area (Å²) in [7, 11) is 0. The van der Waals surface area contributed by atoms with Crippen LogP contribution in [0.1, 0.15) is 18.4 Å². The third-order valence-corrected chi connectivity index (χ3v) is 4.59. The maximum atomic E-state index is 12.3. The zero-order chi connectivity index (χ0) is 13.4. The number of piperidine rings is 1. The van der Waals surface area contributed by atoms with Gasteiger partial charge in [-0.3, -0.25) is 4.79 Å². The largest absolute Gasteiger partial charge is 0.336 e. The van der Waals surface area contributed by atoms with E-state index < -0.39 is 0 Å². The molecule has 3 rings (SSSR count). The fraction of sp³-hybridized carbons (Fsp3) is 0.500. The summed E-state index contributed by atoms with van der Waals surface area (Å²) in [5.74, 6) is 0.406. The van der Waals surface area contributed by atoms with Crippen LogP contribution in [0.15, 0.2) is 18.2 Å². The van der Waals surface area contributed by atoms with Crippen molar-refractivity contribution in [3.8, 4) is 0 Å². The third kappa shape index (κ3) is 2.60. The molecule has 0 saturated carbocycles. The molecule has 102 valence electrons. The van der Waals surface area contributed by atoms with Crippen molar-refractivity contribution in [3.05, 3.63) is 33.8 Å². The minimum absolute atomic E-state index is 0.153. The van der Waals surface area contributed by atoms with E-state index in [2.05, 4.69) is 5.32 Å². The standard InChI is InChI=1S/C14H16Cl2N2O/c15-10-4-3-9(12(16)6-10)7-18-8-13-11(14(18)19)2-1-5-17-13/h3-4,6,11,13,17H,1-2,5,7-8H2. The summed E-state index contributed by atoms with van der Waals surface area (Å²) >= 11 is 12.1. The summed E-state index contributed by atoms with van der Waals surface area (Å²) in [6.07, 6.45) is 2.09. The molecular weight excluding hydrogens is 283 g/mol. The minimum atomic E-state index is 0.153. The highest BCUT2D eigenvalue weighted by atomic mass is 35.5. The van der Waals surface area contributed by atoms with E-state index in [1.807, 2.05) is 17.0 Å². The Bertz CT molecular complexity index is 506. The first-order chi connectivity index (χ1) is 9.15. The van der Waals surface area contributed by atoms with Crippen molar-refractivity contribution >= 4 is 29.1 Å². The summed E-state index contributed by atoms with van der Waals surface area (Å²) in [6, 6.07) is 5.75. The second-order valence-electron chi connectivity index (χ2n) is 5.26. The van der Waals surface area contributed by atoms with Gasteiger partial charge in [-0.05, 0) is 37.1 Å². The van der Waals surface area contributed by atoms with Crippen LogP contribution >= 0.6 is 23.2 Å². The highest BCUT2D eigenvalue weighted by molar-refractivity contribution is 6.35. The Morgan fingerprint density at radius 1 is 1.37 bits per heavy atom. The molecule has 0 spiro atoms. The second kappa shape index (κ2) is 5.31. The number of benzene rings is 1. The Kier molecular flexibility index (Phi) is 3.70. The molecule has 2 aliphatic heterocycles. The number of hydrogen-bond acceptors (Lipinski definition) is 2. The van der Waals surface area contributed by atoms with Gasteiger partial charge >= 0.3 is 0 Å². The van der Waals surface area contributed by atoms with Crippen LogP contribution in [0.2, 0.25) is 10.0 Å². The lowest BCUT2D eigenvalue weighted by atomic mass is 9.94. The van der Waals surface area contributed by atoms with Gasteiger partial charge in [0.2, 0.25) is 5.91 Å². The van der Waals surface area contributed by atoms with Crippen LogP contribution in [0.25, 0.3) is 0 Å². The van der Waals surface area contributed by atoms with Crippen LogP contribution in [0.3, 0.4) is 0 Å². The van der Waals surface area contributed by atoms with Crippen LogP contribution in [0.5, 0.6) is 0 Å². The fourth-order valence-electron chi connectivity index (χ4n) is 3.00.